The fourth-order valence-corrected chi connectivity index (χ4v) is 2.24. The first kappa shape index (κ1) is 15.8. The molecule has 20 heavy (non-hydrogen) atoms. The molecule has 0 aliphatic carbocycles. The Bertz CT molecular complexity index is 561. The molecular weight excluding hydrogens is 274 g/mol. The molecule has 1 atom stereocenters. The lowest BCUT2D eigenvalue weighted by atomic mass is 10.1. The van der Waals surface area contributed by atoms with E-state index in [1.54, 1.807) is 24.3 Å². The summed E-state index contributed by atoms with van der Waals surface area (Å²) in [4.78, 5) is 23.5. The van der Waals surface area contributed by atoms with E-state index < -0.39 is 5.92 Å². The third-order valence-electron chi connectivity index (χ3n) is 2.38. The predicted octanol–water partition coefficient (Wildman–Crippen LogP) is 1.92. The maximum Gasteiger partial charge on any atom is 0.221 e. The molecule has 0 bridgehead atoms. The van der Waals surface area contributed by atoms with Gasteiger partial charge in [-0.2, -0.15) is 5.26 Å². The van der Waals surface area contributed by atoms with Crippen LogP contribution in [0.2, 0.25) is 0 Å². The molecule has 0 aliphatic heterocycles. The normalized spacial score (nSPS) is 11.2. The molecule has 1 amide bonds. The van der Waals surface area contributed by atoms with Gasteiger partial charge >= 0.3 is 0 Å². The van der Waals surface area contributed by atoms with Gasteiger partial charge in [0.1, 0.15) is 5.92 Å². The second-order valence-corrected chi connectivity index (χ2v) is 5.15. The van der Waals surface area contributed by atoms with Crippen molar-refractivity contribution >= 4 is 29.1 Å². The Kier molecular flexibility index (Phi) is 5.81. The molecule has 104 valence electrons. The van der Waals surface area contributed by atoms with E-state index in [4.69, 9.17) is 11.0 Å². The van der Waals surface area contributed by atoms with Crippen LogP contribution in [0.1, 0.15) is 6.92 Å². The van der Waals surface area contributed by atoms with Crippen molar-refractivity contribution < 1.29 is 9.59 Å². The number of nitrogens with two attached hydrogens (primary N) is 1. The zero-order chi connectivity index (χ0) is 15.1. The Labute approximate surface area is 121 Å². The molecule has 0 spiro atoms. The minimum atomic E-state index is -0.957. The maximum atomic E-state index is 11.8. The third kappa shape index (κ3) is 4.78. The zero-order valence-electron chi connectivity index (χ0n) is 11.1. The molecular formula is C14H15N3O2S. The molecule has 0 aliphatic rings. The molecule has 5 nitrogen and oxygen atoms in total. The van der Waals surface area contributed by atoms with Gasteiger partial charge in [0.25, 0.3) is 0 Å². The van der Waals surface area contributed by atoms with Gasteiger partial charge in [-0.25, -0.2) is 0 Å². The van der Waals surface area contributed by atoms with Crippen LogP contribution in [-0.4, -0.2) is 17.4 Å². The molecule has 1 rings (SSSR count). The van der Waals surface area contributed by atoms with E-state index in [0.29, 0.717) is 5.69 Å². The number of rotatable bonds is 6. The van der Waals surface area contributed by atoms with Crippen LogP contribution < -0.4 is 11.1 Å². The fourth-order valence-electron chi connectivity index (χ4n) is 1.44. The van der Waals surface area contributed by atoms with Crippen molar-refractivity contribution in [3.05, 3.63) is 36.5 Å². The molecule has 0 heterocycles. The second-order valence-electron chi connectivity index (χ2n) is 4.10. The second kappa shape index (κ2) is 7.36. The Morgan fingerprint density at radius 2 is 2.05 bits per heavy atom. The van der Waals surface area contributed by atoms with Crippen LogP contribution in [0, 0.1) is 17.2 Å². The minimum Gasteiger partial charge on any atom is -0.401 e. The van der Waals surface area contributed by atoms with Gasteiger partial charge in [0.2, 0.25) is 5.91 Å². The summed E-state index contributed by atoms with van der Waals surface area (Å²) in [7, 11) is 0. The summed E-state index contributed by atoms with van der Waals surface area (Å²) in [5, 5.41) is 11.5. The van der Waals surface area contributed by atoms with Crippen molar-refractivity contribution in [2.45, 2.75) is 11.8 Å². The minimum absolute atomic E-state index is 0.0686. The van der Waals surface area contributed by atoms with Crippen molar-refractivity contribution in [1.29, 1.82) is 5.26 Å². The summed E-state index contributed by atoms with van der Waals surface area (Å²) in [5.41, 5.74) is 6.16. The van der Waals surface area contributed by atoms with Gasteiger partial charge in [0, 0.05) is 23.2 Å². The zero-order valence-corrected chi connectivity index (χ0v) is 11.9. The number of amides is 1. The maximum absolute atomic E-state index is 11.8. The quantitative estimate of drug-likeness (QED) is 0.780. The Hall–Kier alpha value is -2.26. The molecule has 0 saturated carbocycles. The average Bonchev–Trinajstić information content (AvgIpc) is 2.37. The lowest BCUT2D eigenvalue weighted by Crippen LogP contribution is -2.21. The Balaban J connectivity index is 2.58. The number of anilines is 1. The molecule has 0 radical (unpaired) electrons. The number of nitrogens with one attached hydrogen (secondary N) is 1. The number of thioether (sulfide) groups is 1. The van der Waals surface area contributed by atoms with Gasteiger partial charge in [0.05, 0.1) is 11.8 Å². The van der Waals surface area contributed by atoms with E-state index in [2.05, 4.69) is 11.9 Å². The number of benzene rings is 1. The molecule has 0 aromatic heterocycles. The molecule has 6 heteroatoms. The number of ketones is 1. The third-order valence-corrected chi connectivity index (χ3v) is 3.41. The van der Waals surface area contributed by atoms with Gasteiger partial charge in [-0.3, -0.25) is 9.59 Å². The SMILES string of the molecule is C=C(N)[C@H](C#N)C(=O)CSc1ccc(NC(C)=O)cc1. The molecule has 3 N–H and O–H groups in total. The van der Waals surface area contributed by atoms with Crippen molar-refractivity contribution in [2.75, 3.05) is 11.1 Å². The van der Waals surface area contributed by atoms with Crippen LogP contribution in [-0.2, 0) is 9.59 Å². The summed E-state index contributed by atoms with van der Waals surface area (Å²) in [6.45, 7) is 4.86. The number of Topliss-reactive ketones (excluding diaryl/α,β-unsaturated/α-hetero) is 1. The lowest BCUT2D eigenvalue weighted by Gasteiger charge is -2.07. The van der Waals surface area contributed by atoms with E-state index in [9.17, 15) is 9.59 Å². The van der Waals surface area contributed by atoms with Gasteiger partial charge in [-0.15, -0.1) is 11.8 Å². The van der Waals surface area contributed by atoms with Gasteiger partial charge in [-0.1, -0.05) is 6.58 Å². The number of carbonyl (C=O) groups excluding carboxylic acids is 2. The Morgan fingerprint density at radius 3 is 2.50 bits per heavy atom. The van der Waals surface area contributed by atoms with E-state index >= 15 is 0 Å². The number of nitrogens with zero attached hydrogens (tertiary/aromatic N) is 1. The number of hydrogen-bond acceptors (Lipinski definition) is 5. The molecule has 0 unspecified atom stereocenters. The highest BCUT2D eigenvalue weighted by atomic mass is 32.2. The highest BCUT2D eigenvalue weighted by Crippen LogP contribution is 2.21. The molecule has 0 saturated heterocycles. The average molecular weight is 289 g/mol. The highest BCUT2D eigenvalue weighted by Gasteiger charge is 2.19. The smallest absolute Gasteiger partial charge is 0.221 e. The largest absolute Gasteiger partial charge is 0.401 e. The van der Waals surface area contributed by atoms with Crippen molar-refractivity contribution in [2.24, 2.45) is 11.7 Å². The van der Waals surface area contributed by atoms with Crippen molar-refractivity contribution in [3.8, 4) is 6.07 Å². The standard InChI is InChI=1S/C14H15N3O2S/c1-9(16)13(7-15)14(19)8-20-12-5-3-11(4-6-12)17-10(2)18/h3-6,13H,1,8,16H2,2H3,(H,17,18)/t13-/m0/s1. The van der Waals surface area contributed by atoms with Crippen LogP contribution in [0.25, 0.3) is 0 Å². The number of nitriles is 1. The summed E-state index contributed by atoms with van der Waals surface area (Å²) < 4.78 is 0. The molecule has 1 aromatic carbocycles. The van der Waals surface area contributed by atoms with Crippen molar-refractivity contribution in [1.82, 2.24) is 0 Å². The fraction of sp³-hybridized carbons (Fsp3) is 0.214. The summed E-state index contributed by atoms with van der Waals surface area (Å²) in [5.74, 6) is -1.22. The summed E-state index contributed by atoms with van der Waals surface area (Å²) >= 11 is 1.31. The summed E-state index contributed by atoms with van der Waals surface area (Å²) in [6.07, 6.45) is 0. The van der Waals surface area contributed by atoms with Gasteiger partial charge in [0.15, 0.2) is 5.78 Å². The van der Waals surface area contributed by atoms with E-state index in [-0.39, 0.29) is 23.1 Å². The van der Waals surface area contributed by atoms with Crippen molar-refractivity contribution in [3.63, 3.8) is 0 Å². The van der Waals surface area contributed by atoms with E-state index in [1.807, 2.05) is 6.07 Å². The van der Waals surface area contributed by atoms with Crippen LogP contribution in [0.3, 0.4) is 0 Å². The number of carbonyl (C=O) groups is 2. The first-order chi connectivity index (χ1) is 9.43. The topological polar surface area (TPSA) is 96.0 Å². The monoisotopic (exact) mass is 289 g/mol. The van der Waals surface area contributed by atoms with E-state index in [0.717, 1.165) is 4.90 Å². The van der Waals surface area contributed by atoms with Crippen LogP contribution in [0.15, 0.2) is 41.4 Å². The number of allylic oxidation sites excluding steroid dienone is 1. The Morgan fingerprint density at radius 1 is 1.45 bits per heavy atom. The van der Waals surface area contributed by atoms with Crippen LogP contribution >= 0.6 is 11.8 Å². The number of hydrogen-bond donors (Lipinski definition) is 2. The lowest BCUT2D eigenvalue weighted by molar-refractivity contribution is -0.118. The first-order valence-electron chi connectivity index (χ1n) is 5.81. The van der Waals surface area contributed by atoms with E-state index in [1.165, 1.54) is 18.7 Å². The van der Waals surface area contributed by atoms with Gasteiger partial charge in [-0.05, 0) is 24.3 Å². The van der Waals surface area contributed by atoms with Gasteiger partial charge < -0.3 is 11.1 Å². The molecule has 1 aromatic rings. The summed E-state index contributed by atoms with van der Waals surface area (Å²) in [6, 6.07) is 8.92. The van der Waals surface area contributed by atoms with Crippen LogP contribution in [0.4, 0.5) is 5.69 Å². The highest BCUT2D eigenvalue weighted by molar-refractivity contribution is 8.00. The van der Waals surface area contributed by atoms with Crippen LogP contribution in [0.5, 0.6) is 0 Å². The molecule has 0 fully saturated rings. The first-order valence-corrected chi connectivity index (χ1v) is 6.79. The predicted molar refractivity (Wildman–Crippen MR) is 78.9 cm³/mol.